The number of alkyl carbamates (subject to hydrolysis) is 1. The van der Waals surface area contributed by atoms with Crippen molar-refractivity contribution in [2.24, 2.45) is 0 Å². The number of amides is 3. The second-order valence-corrected chi connectivity index (χ2v) is 7.65. The van der Waals surface area contributed by atoms with E-state index < -0.39 is 35.5 Å². The van der Waals surface area contributed by atoms with Gasteiger partial charge in [0.2, 0.25) is 0 Å². The number of imide groups is 1. The number of fused-ring (bicyclic) bond motifs is 1. The van der Waals surface area contributed by atoms with Crippen LogP contribution < -0.4 is 5.32 Å². The van der Waals surface area contributed by atoms with E-state index in [1.807, 2.05) is 0 Å². The van der Waals surface area contributed by atoms with Gasteiger partial charge in [0.15, 0.2) is 0 Å². The second-order valence-electron chi connectivity index (χ2n) is 6.70. The van der Waals surface area contributed by atoms with E-state index in [4.69, 9.17) is 9.47 Å². The van der Waals surface area contributed by atoms with Crippen molar-refractivity contribution in [2.45, 2.75) is 39.3 Å². The van der Waals surface area contributed by atoms with E-state index in [0.29, 0.717) is 11.1 Å². The Morgan fingerprint density at radius 3 is 2.19 bits per heavy atom. The number of ether oxygens (including phenoxy) is 2. The van der Waals surface area contributed by atoms with E-state index in [1.54, 1.807) is 52.0 Å². The molecule has 2 rings (SSSR count). The monoisotopic (exact) mass is 394 g/mol. The molecular weight excluding hydrogens is 372 g/mol. The normalized spacial score (nSPS) is 14.6. The molecule has 1 N–H and O–H groups in total. The van der Waals surface area contributed by atoms with E-state index in [9.17, 15) is 19.2 Å². The number of carbonyl (C=O) groups excluding carboxylic acids is 4. The minimum Gasteiger partial charge on any atom is -0.464 e. The van der Waals surface area contributed by atoms with Gasteiger partial charge in [-0.2, -0.15) is 0 Å². The predicted molar refractivity (Wildman–Crippen MR) is 99.2 cm³/mol. The van der Waals surface area contributed by atoms with Gasteiger partial charge < -0.3 is 14.8 Å². The first-order valence-corrected chi connectivity index (χ1v) is 9.35. The molecule has 0 fully saturated rings. The van der Waals surface area contributed by atoms with E-state index in [0.717, 1.165) is 16.3 Å². The smallest absolute Gasteiger partial charge is 0.408 e. The van der Waals surface area contributed by atoms with Crippen LogP contribution in [0.1, 0.15) is 48.4 Å². The van der Waals surface area contributed by atoms with E-state index in [2.05, 4.69) is 5.32 Å². The van der Waals surface area contributed by atoms with E-state index >= 15 is 0 Å². The predicted octanol–water partition coefficient (Wildman–Crippen LogP) is 2.39. The molecule has 0 saturated carbocycles. The molecule has 8 nitrogen and oxygen atoms in total. The maximum atomic E-state index is 12.4. The molecule has 9 heteroatoms. The highest BCUT2D eigenvalue weighted by atomic mass is 32.2. The van der Waals surface area contributed by atoms with Gasteiger partial charge in [-0.15, -0.1) is 0 Å². The van der Waals surface area contributed by atoms with Crippen LogP contribution >= 0.6 is 11.9 Å². The van der Waals surface area contributed by atoms with Crippen LogP contribution in [0.5, 0.6) is 0 Å². The quantitative estimate of drug-likeness (QED) is 0.449. The maximum Gasteiger partial charge on any atom is 0.408 e. The van der Waals surface area contributed by atoms with Crippen LogP contribution in [0, 0.1) is 0 Å². The molecule has 1 aliphatic rings. The second kappa shape index (κ2) is 8.43. The molecular formula is C18H22N2O6S. The van der Waals surface area contributed by atoms with Crippen LogP contribution in [0.15, 0.2) is 24.3 Å². The van der Waals surface area contributed by atoms with Crippen LogP contribution in [-0.2, 0) is 14.3 Å². The zero-order valence-electron chi connectivity index (χ0n) is 15.6. The summed E-state index contributed by atoms with van der Waals surface area (Å²) in [5, 5.41) is 2.43. The number of nitrogens with one attached hydrogen (secondary N) is 1. The molecule has 1 aromatic carbocycles. The van der Waals surface area contributed by atoms with Crippen molar-refractivity contribution < 1.29 is 28.7 Å². The van der Waals surface area contributed by atoms with Crippen molar-refractivity contribution in [2.75, 3.05) is 12.4 Å². The van der Waals surface area contributed by atoms with Crippen LogP contribution in [0.4, 0.5) is 4.79 Å². The van der Waals surface area contributed by atoms with E-state index in [1.165, 1.54) is 0 Å². The molecule has 3 amide bonds. The summed E-state index contributed by atoms with van der Waals surface area (Å²) in [7, 11) is 0. The molecule has 0 bridgehead atoms. The summed E-state index contributed by atoms with van der Waals surface area (Å²) < 4.78 is 11.1. The first-order chi connectivity index (χ1) is 12.6. The van der Waals surface area contributed by atoms with Gasteiger partial charge in [0, 0.05) is 5.75 Å². The van der Waals surface area contributed by atoms with Crippen LogP contribution in [0.2, 0.25) is 0 Å². The summed E-state index contributed by atoms with van der Waals surface area (Å²) in [6.45, 7) is 6.85. The lowest BCUT2D eigenvalue weighted by molar-refractivity contribution is -0.145. The minimum atomic E-state index is -1.07. The molecule has 1 aromatic rings. The van der Waals surface area contributed by atoms with Gasteiger partial charge in [0.05, 0.1) is 17.7 Å². The Labute approximate surface area is 161 Å². The van der Waals surface area contributed by atoms with Gasteiger partial charge in [0.25, 0.3) is 11.8 Å². The average molecular weight is 394 g/mol. The molecule has 1 aliphatic heterocycles. The van der Waals surface area contributed by atoms with Gasteiger partial charge >= 0.3 is 12.1 Å². The SMILES string of the molecule is CCOC(=O)C(CSN1C(=O)c2ccccc2C1=O)NC(=O)OC(C)(C)C. The third-order valence-corrected chi connectivity index (χ3v) is 4.46. The fourth-order valence-electron chi connectivity index (χ4n) is 2.29. The van der Waals surface area contributed by atoms with Crippen LogP contribution in [-0.4, -0.2) is 52.2 Å². The van der Waals surface area contributed by atoms with Crippen molar-refractivity contribution in [3.05, 3.63) is 35.4 Å². The largest absolute Gasteiger partial charge is 0.464 e. The summed E-state index contributed by atoms with van der Waals surface area (Å²) in [4.78, 5) is 48.9. The molecule has 0 radical (unpaired) electrons. The third kappa shape index (κ3) is 5.22. The highest BCUT2D eigenvalue weighted by molar-refractivity contribution is 7.98. The van der Waals surface area contributed by atoms with Crippen LogP contribution in [0.25, 0.3) is 0 Å². The van der Waals surface area contributed by atoms with Crippen molar-refractivity contribution in [3.63, 3.8) is 0 Å². The fraction of sp³-hybridized carbons (Fsp3) is 0.444. The van der Waals surface area contributed by atoms with Crippen molar-refractivity contribution >= 4 is 35.8 Å². The standard InChI is InChI=1S/C18H22N2O6S/c1-5-25-16(23)13(19-17(24)26-18(2,3)4)10-27-20-14(21)11-8-6-7-9-12(11)15(20)22/h6-9,13H,5,10H2,1-4H3,(H,19,24). The highest BCUT2D eigenvalue weighted by Crippen LogP contribution is 2.28. The molecule has 0 saturated heterocycles. The van der Waals surface area contributed by atoms with Gasteiger partial charge in [-0.3, -0.25) is 9.59 Å². The number of hydrogen-bond acceptors (Lipinski definition) is 7. The van der Waals surface area contributed by atoms with Crippen molar-refractivity contribution in [1.82, 2.24) is 9.62 Å². The molecule has 1 unspecified atom stereocenters. The van der Waals surface area contributed by atoms with E-state index in [-0.39, 0.29) is 12.4 Å². The molecule has 0 aromatic heterocycles. The van der Waals surface area contributed by atoms with Gasteiger partial charge in [-0.05, 0) is 51.8 Å². The number of benzene rings is 1. The zero-order chi connectivity index (χ0) is 20.2. The first kappa shape index (κ1) is 20.8. The number of carbonyl (C=O) groups is 4. The Bertz CT molecular complexity index is 723. The number of hydrogen-bond donors (Lipinski definition) is 1. The van der Waals surface area contributed by atoms with Gasteiger partial charge in [0.1, 0.15) is 11.6 Å². The zero-order valence-corrected chi connectivity index (χ0v) is 16.4. The van der Waals surface area contributed by atoms with Crippen molar-refractivity contribution in [1.29, 1.82) is 0 Å². The Morgan fingerprint density at radius 1 is 1.15 bits per heavy atom. The minimum absolute atomic E-state index is 0.0659. The Morgan fingerprint density at radius 2 is 1.70 bits per heavy atom. The topological polar surface area (TPSA) is 102 Å². The van der Waals surface area contributed by atoms with Crippen molar-refractivity contribution in [3.8, 4) is 0 Å². The molecule has 146 valence electrons. The number of esters is 1. The molecule has 1 heterocycles. The Hall–Kier alpha value is -2.55. The molecule has 1 atom stereocenters. The molecule has 27 heavy (non-hydrogen) atoms. The average Bonchev–Trinajstić information content (AvgIpc) is 2.82. The maximum absolute atomic E-state index is 12.4. The summed E-state index contributed by atoms with van der Waals surface area (Å²) in [6, 6.07) is 5.40. The lowest BCUT2D eigenvalue weighted by Gasteiger charge is -2.23. The Balaban J connectivity index is 2.06. The fourth-order valence-corrected chi connectivity index (χ4v) is 3.24. The van der Waals surface area contributed by atoms with Gasteiger partial charge in [-0.1, -0.05) is 12.1 Å². The number of nitrogens with zero attached hydrogens (tertiary/aromatic N) is 1. The first-order valence-electron chi connectivity index (χ1n) is 8.41. The summed E-state index contributed by atoms with van der Waals surface area (Å²) in [5.74, 6) is -1.66. The lowest BCUT2D eigenvalue weighted by atomic mass is 10.1. The summed E-state index contributed by atoms with van der Waals surface area (Å²) in [5.41, 5.74) is -0.121. The highest BCUT2D eigenvalue weighted by Gasteiger charge is 2.37. The van der Waals surface area contributed by atoms with Crippen LogP contribution in [0.3, 0.4) is 0 Å². The Kier molecular flexibility index (Phi) is 6.48. The number of rotatable bonds is 6. The molecule has 0 aliphatic carbocycles. The molecule has 0 spiro atoms. The third-order valence-electron chi connectivity index (χ3n) is 3.39. The summed E-state index contributed by atoms with van der Waals surface area (Å²) >= 11 is 0.842. The summed E-state index contributed by atoms with van der Waals surface area (Å²) in [6.07, 6.45) is -0.788. The lowest BCUT2D eigenvalue weighted by Crippen LogP contribution is -2.46. The van der Waals surface area contributed by atoms with Gasteiger partial charge in [-0.25, -0.2) is 13.9 Å².